The SMILES string of the molecule is CSc1ccc2nc(NC(=O)c3ccc(F)cc3)sc2c1. The number of amides is 1. The average molecular weight is 318 g/mol. The Morgan fingerprint density at radius 1 is 1.24 bits per heavy atom. The number of hydrogen-bond donors (Lipinski definition) is 1. The van der Waals surface area contributed by atoms with Crippen LogP contribution in [0.15, 0.2) is 47.4 Å². The third-order valence-corrected chi connectivity index (χ3v) is 4.58. The zero-order chi connectivity index (χ0) is 14.8. The minimum absolute atomic E-state index is 0.292. The van der Waals surface area contributed by atoms with Crippen molar-refractivity contribution >= 4 is 44.4 Å². The van der Waals surface area contributed by atoms with Gasteiger partial charge in [0.05, 0.1) is 10.2 Å². The maximum Gasteiger partial charge on any atom is 0.257 e. The number of benzene rings is 2. The summed E-state index contributed by atoms with van der Waals surface area (Å²) in [6, 6.07) is 11.4. The van der Waals surface area contributed by atoms with Crippen molar-refractivity contribution in [2.75, 3.05) is 11.6 Å². The summed E-state index contributed by atoms with van der Waals surface area (Å²) in [6.45, 7) is 0. The molecule has 1 aromatic heterocycles. The molecule has 1 heterocycles. The lowest BCUT2D eigenvalue weighted by Crippen LogP contribution is -2.11. The molecule has 106 valence electrons. The second-order valence-corrected chi connectivity index (χ2v) is 6.22. The summed E-state index contributed by atoms with van der Waals surface area (Å²) in [5, 5.41) is 3.28. The van der Waals surface area contributed by atoms with Gasteiger partial charge in [-0.1, -0.05) is 11.3 Å². The molecule has 0 aliphatic carbocycles. The van der Waals surface area contributed by atoms with Gasteiger partial charge in [0.1, 0.15) is 5.82 Å². The molecule has 0 atom stereocenters. The molecule has 0 unspecified atom stereocenters. The first-order chi connectivity index (χ1) is 10.2. The minimum Gasteiger partial charge on any atom is -0.298 e. The van der Waals surface area contributed by atoms with Crippen molar-refractivity contribution in [1.82, 2.24) is 4.98 Å². The summed E-state index contributed by atoms with van der Waals surface area (Å²) >= 11 is 3.08. The molecule has 0 bridgehead atoms. The lowest BCUT2D eigenvalue weighted by atomic mass is 10.2. The predicted octanol–water partition coefficient (Wildman–Crippen LogP) is 4.41. The highest BCUT2D eigenvalue weighted by Crippen LogP contribution is 2.29. The second-order valence-electron chi connectivity index (χ2n) is 4.31. The number of nitrogens with one attached hydrogen (secondary N) is 1. The van der Waals surface area contributed by atoms with Crippen LogP contribution in [0, 0.1) is 5.82 Å². The highest BCUT2D eigenvalue weighted by Gasteiger charge is 2.10. The molecule has 0 saturated carbocycles. The number of rotatable bonds is 3. The van der Waals surface area contributed by atoms with Crippen LogP contribution in [-0.4, -0.2) is 17.1 Å². The van der Waals surface area contributed by atoms with E-state index in [1.807, 2.05) is 24.5 Å². The number of nitrogens with zero attached hydrogens (tertiary/aromatic N) is 1. The molecule has 0 radical (unpaired) electrons. The molecule has 1 amide bonds. The van der Waals surface area contributed by atoms with E-state index in [1.54, 1.807) is 11.8 Å². The van der Waals surface area contributed by atoms with Crippen LogP contribution >= 0.6 is 23.1 Å². The van der Waals surface area contributed by atoms with E-state index >= 15 is 0 Å². The topological polar surface area (TPSA) is 42.0 Å². The van der Waals surface area contributed by atoms with Crippen LogP contribution in [0.3, 0.4) is 0 Å². The van der Waals surface area contributed by atoms with E-state index in [2.05, 4.69) is 10.3 Å². The van der Waals surface area contributed by atoms with Crippen molar-refractivity contribution in [2.45, 2.75) is 4.90 Å². The number of anilines is 1. The molecule has 0 aliphatic heterocycles. The van der Waals surface area contributed by atoms with E-state index < -0.39 is 0 Å². The zero-order valence-corrected chi connectivity index (χ0v) is 12.7. The molecule has 0 aliphatic rings. The largest absolute Gasteiger partial charge is 0.298 e. The van der Waals surface area contributed by atoms with Gasteiger partial charge >= 0.3 is 0 Å². The van der Waals surface area contributed by atoms with Crippen LogP contribution in [0.2, 0.25) is 0 Å². The average Bonchev–Trinajstić information content (AvgIpc) is 2.88. The van der Waals surface area contributed by atoms with Crippen LogP contribution in [-0.2, 0) is 0 Å². The summed E-state index contributed by atoms with van der Waals surface area (Å²) in [5.41, 5.74) is 1.26. The molecular weight excluding hydrogens is 307 g/mol. The number of hydrogen-bond acceptors (Lipinski definition) is 4. The van der Waals surface area contributed by atoms with E-state index in [-0.39, 0.29) is 11.7 Å². The van der Waals surface area contributed by atoms with Crippen molar-refractivity contribution < 1.29 is 9.18 Å². The highest BCUT2D eigenvalue weighted by molar-refractivity contribution is 7.98. The van der Waals surface area contributed by atoms with E-state index in [0.717, 1.165) is 15.1 Å². The van der Waals surface area contributed by atoms with E-state index in [9.17, 15) is 9.18 Å². The number of thioether (sulfide) groups is 1. The van der Waals surface area contributed by atoms with Crippen LogP contribution < -0.4 is 5.32 Å². The Balaban J connectivity index is 1.84. The Kier molecular flexibility index (Phi) is 3.90. The lowest BCUT2D eigenvalue weighted by Gasteiger charge is -2.00. The van der Waals surface area contributed by atoms with Crippen molar-refractivity contribution in [2.24, 2.45) is 0 Å². The van der Waals surface area contributed by atoms with Crippen LogP contribution in [0.5, 0.6) is 0 Å². The van der Waals surface area contributed by atoms with Crippen molar-refractivity contribution in [3.05, 3.63) is 53.8 Å². The predicted molar refractivity (Wildman–Crippen MR) is 85.8 cm³/mol. The van der Waals surface area contributed by atoms with Crippen molar-refractivity contribution in [3.63, 3.8) is 0 Å². The maximum atomic E-state index is 12.8. The monoisotopic (exact) mass is 318 g/mol. The number of carbonyl (C=O) groups excluding carboxylic acids is 1. The minimum atomic E-state index is -0.365. The van der Waals surface area contributed by atoms with Gasteiger partial charge in [0, 0.05) is 10.5 Å². The van der Waals surface area contributed by atoms with Gasteiger partial charge < -0.3 is 0 Å². The number of thiazole rings is 1. The molecule has 21 heavy (non-hydrogen) atoms. The zero-order valence-electron chi connectivity index (χ0n) is 11.1. The first-order valence-electron chi connectivity index (χ1n) is 6.17. The second kappa shape index (κ2) is 5.83. The third-order valence-electron chi connectivity index (χ3n) is 2.92. The molecule has 0 fully saturated rings. The normalized spacial score (nSPS) is 10.8. The summed E-state index contributed by atoms with van der Waals surface area (Å²) in [7, 11) is 0. The molecule has 6 heteroatoms. The molecule has 3 rings (SSSR count). The van der Waals surface area contributed by atoms with E-state index in [0.29, 0.717) is 10.7 Å². The van der Waals surface area contributed by atoms with Gasteiger partial charge in [-0.05, 0) is 48.7 Å². The Morgan fingerprint density at radius 2 is 2.00 bits per heavy atom. The van der Waals surface area contributed by atoms with Crippen molar-refractivity contribution in [3.8, 4) is 0 Å². The summed E-state index contributed by atoms with van der Waals surface area (Å²) in [6.07, 6.45) is 2.01. The van der Waals surface area contributed by atoms with Gasteiger partial charge in [0.25, 0.3) is 5.91 Å². The fourth-order valence-corrected chi connectivity index (χ4v) is 3.27. The van der Waals surface area contributed by atoms with Crippen molar-refractivity contribution in [1.29, 1.82) is 0 Å². The Morgan fingerprint density at radius 3 is 2.71 bits per heavy atom. The van der Waals surface area contributed by atoms with Gasteiger partial charge in [-0.15, -0.1) is 11.8 Å². The molecular formula is C15H11FN2OS2. The Labute approximate surface area is 129 Å². The smallest absolute Gasteiger partial charge is 0.257 e. The van der Waals surface area contributed by atoms with Crippen LogP contribution in [0.4, 0.5) is 9.52 Å². The van der Waals surface area contributed by atoms with Crippen LogP contribution in [0.1, 0.15) is 10.4 Å². The standard InChI is InChI=1S/C15H11FN2OS2/c1-20-11-6-7-12-13(8-11)21-15(17-12)18-14(19)9-2-4-10(16)5-3-9/h2-8H,1H3,(H,17,18,19). The first kappa shape index (κ1) is 14.0. The number of aromatic nitrogens is 1. The summed E-state index contributed by atoms with van der Waals surface area (Å²) < 4.78 is 13.9. The quantitative estimate of drug-likeness (QED) is 0.727. The molecule has 3 nitrogen and oxygen atoms in total. The lowest BCUT2D eigenvalue weighted by molar-refractivity contribution is 0.102. The summed E-state index contributed by atoms with van der Waals surface area (Å²) in [4.78, 5) is 17.6. The maximum absolute atomic E-state index is 12.8. The molecule has 0 spiro atoms. The van der Waals surface area contributed by atoms with Gasteiger partial charge in [-0.3, -0.25) is 10.1 Å². The molecule has 0 saturated heterocycles. The van der Waals surface area contributed by atoms with Gasteiger partial charge in [0.2, 0.25) is 0 Å². The first-order valence-corrected chi connectivity index (χ1v) is 8.21. The fourth-order valence-electron chi connectivity index (χ4n) is 1.86. The molecule has 1 N–H and O–H groups in total. The van der Waals surface area contributed by atoms with Gasteiger partial charge in [0.15, 0.2) is 5.13 Å². The Hall–Kier alpha value is -1.92. The number of halogens is 1. The Bertz CT molecular complexity index is 799. The highest BCUT2D eigenvalue weighted by atomic mass is 32.2. The number of carbonyl (C=O) groups is 1. The third kappa shape index (κ3) is 3.06. The molecule has 3 aromatic rings. The fraction of sp³-hybridized carbons (Fsp3) is 0.0667. The number of fused-ring (bicyclic) bond motifs is 1. The van der Waals surface area contributed by atoms with E-state index in [4.69, 9.17) is 0 Å². The summed E-state index contributed by atoms with van der Waals surface area (Å²) in [5.74, 6) is -0.657. The van der Waals surface area contributed by atoms with Gasteiger partial charge in [-0.2, -0.15) is 0 Å². The molecule has 2 aromatic carbocycles. The van der Waals surface area contributed by atoms with Crippen LogP contribution in [0.25, 0.3) is 10.2 Å². The van der Waals surface area contributed by atoms with E-state index in [1.165, 1.54) is 35.6 Å². The van der Waals surface area contributed by atoms with Gasteiger partial charge in [-0.25, -0.2) is 9.37 Å².